The third-order valence-corrected chi connectivity index (χ3v) is 3.62. The summed E-state index contributed by atoms with van der Waals surface area (Å²) >= 11 is 0. The third-order valence-electron chi connectivity index (χ3n) is 2.82. The van der Waals surface area contributed by atoms with E-state index in [0.29, 0.717) is 16.8 Å². The van der Waals surface area contributed by atoms with E-state index >= 15 is 0 Å². The molecule has 0 atom stereocenters. The summed E-state index contributed by atoms with van der Waals surface area (Å²) in [7, 11) is -2.02. The first kappa shape index (κ1) is 16.0. The Morgan fingerprint density at radius 2 is 1.41 bits per heavy atom. The van der Waals surface area contributed by atoms with Crippen molar-refractivity contribution in [1.82, 2.24) is 0 Å². The van der Waals surface area contributed by atoms with Crippen LogP contribution in [0.1, 0.15) is 20.7 Å². The zero-order valence-electron chi connectivity index (χ0n) is 12.9. The molecular formula is C17H19NO3Si. The minimum absolute atomic E-state index is 0.290. The lowest BCUT2D eigenvalue weighted by molar-refractivity contribution is 0.0720. The molecule has 114 valence electrons. The Bertz CT molecular complexity index is 678. The molecule has 0 spiro atoms. The van der Waals surface area contributed by atoms with Crippen LogP contribution in [0.3, 0.4) is 0 Å². The minimum Gasteiger partial charge on any atom is -0.516 e. The van der Waals surface area contributed by atoms with Crippen LogP contribution in [0.2, 0.25) is 19.6 Å². The zero-order chi connectivity index (χ0) is 16.2. The van der Waals surface area contributed by atoms with E-state index in [1.54, 1.807) is 36.4 Å². The maximum absolute atomic E-state index is 12.4. The number of anilines is 1. The lowest BCUT2D eigenvalue weighted by atomic mass is 10.1. The van der Waals surface area contributed by atoms with E-state index in [2.05, 4.69) is 5.32 Å². The average Bonchev–Trinajstić information content (AvgIpc) is 2.46. The molecule has 0 saturated carbocycles. The van der Waals surface area contributed by atoms with E-state index in [-0.39, 0.29) is 5.91 Å². The molecular weight excluding hydrogens is 294 g/mol. The van der Waals surface area contributed by atoms with Gasteiger partial charge in [0.2, 0.25) is 8.32 Å². The van der Waals surface area contributed by atoms with Gasteiger partial charge in [0.25, 0.3) is 5.91 Å². The SMILES string of the molecule is C[Si](C)(C)OC(=O)c1ccccc1C(=O)Nc1ccccc1. The first-order chi connectivity index (χ1) is 10.4. The van der Waals surface area contributed by atoms with E-state index in [0.717, 1.165) is 0 Å². The summed E-state index contributed by atoms with van der Waals surface area (Å²) in [5.74, 6) is -0.771. The molecule has 0 aliphatic heterocycles. The molecule has 0 saturated heterocycles. The monoisotopic (exact) mass is 313 g/mol. The maximum atomic E-state index is 12.4. The van der Waals surface area contributed by atoms with Gasteiger partial charge in [0.15, 0.2) is 0 Å². The lowest BCUT2D eigenvalue weighted by Gasteiger charge is -2.18. The largest absolute Gasteiger partial charge is 0.516 e. The second-order valence-corrected chi connectivity index (χ2v) is 10.3. The van der Waals surface area contributed by atoms with Gasteiger partial charge in [-0.25, -0.2) is 4.79 Å². The molecule has 0 heterocycles. The molecule has 0 aliphatic rings. The van der Waals surface area contributed by atoms with Gasteiger partial charge in [0, 0.05) is 5.69 Å². The summed E-state index contributed by atoms with van der Waals surface area (Å²) in [5.41, 5.74) is 1.29. The van der Waals surface area contributed by atoms with E-state index < -0.39 is 14.3 Å². The van der Waals surface area contributed by atoms with E-state index in [1.807, 2.05) is 37.8 Å². The molecule has 4 nitrogen and oxygen atoms in total. The Hall–Kier alpha value is -2.40. The van der Waals surface area contributed by atoms with Gasteiger partial charge in [0.1, 0.15) is 0 Å². The number of carbonyl (C=O) groups is 2. The summed E-state index contributed by atoms with van der Waals surface area (Å²) < 4.78 is 5.48. The highest BCUT2D eigenvalue weighted by Gasteiger charge is 2.24. The van der Waals surface area contributed by atoms with Crippen LogP contribution in [0.5, 0.6) is 0 Å². The molecule has 0 bridgehead atoms. The molecule has 2 rings (SSSR count). The van der Waals surface area contributed by atoms with Gasteiger partial charge in [-0.2, -0.15) is 0 Å². The third kappa shape index (κ3) is 4.29. The normalized spacial score (nSPS) is 10.9. The number of amides is 1. The molecule has 0 fully saturated rings. The number of benzene rings is 2. The Morgan fingerprint density at radius 3 is 2.00 bits per heavy atom. The molecule has 0 radical (unpaired) electrons. The number of hydrogen-bond acceptors (Lipinski definition) is 3. The van der Waals surface area contributed by atoms with Crippen molar-refractivity contribution < 1.29 is 14.0 Å². The Balaban J connectivity index is 2.24. The van der Waals surface area contributed by atoms with Crippen molar-refractivity contribution in [3.05, 3.63) is 65.7 Å². The van der Waals surface area contributed by atoms with Gasteiger partial charge >= 0.3 is 5.97 Å². The van der Waals surface area contributed by atoms with Crippen LogP contribution < -0.4 is 5.32 Å². The fraction of sp³-hybridized carbons (Fsp3) is 0.176. The molecule has 1 amide bonds. The summed E-state index contributed by atoms with van der Waals surface area (Å²) in [6, 6.07) is 15.8. The van der Waals surface area contributed by atoms with Crippen molar-refractivity contribution in [2.75, 3.05) is 5.32 Å². The van der Waals surface area contributed by atoms with Crippen LogP contribution in [0, 0.1) is 0 Å². The van der Waals surface area contributed by atoms with Crippen LogP contribution >= 0.6 is 0 Å². The van der Waals surface area contributed by atoms with Crippen LogP contribution in [0.25, 0.3) is 0 Å². The molecule has 5 heteroatoms. The summed E-state index contributed by atoms with van der Waals surface area (Å²) in [4.78, 5) is 24.7. The smallest absolute Gasteiger partial charge is 0.325 e. The molecule has 0 aromatic heterocycles. The quantitative estimate of drug-likeness (QED) is 0.870. The predicted octanol–water partition coefficient (Wildman–Crippen LogP) is 3.93. The maximum Gasteiger partial charge on any atom is 0.325 e. The molecule has 1 N–H and O–H groups in total. The Labute approximate surface area is 131 Å². The minimum atomic E-state index is -2.02. The summed E-state index contributed by atoms with van der Waals surface area (Å²) in [6.07, 6.45) is 0. The van der Waals surface area contributed by atoms with Crippen molar-refractivity contribution in [2.45, 2.75) is 19.6 Å². The van der Waals surface area contributed by atoms with Gasteiger partial charge in [-0.05, 0) is 43.9 Å². The highest BCUT2D eigenvalue weighted by atomic mass is 28.4. The number of para-hydroxylation sites is 1. The molecule has 2 aromatic rings. The predicted molar refractivity (Wildman–Crippen MR) is 89.6 cm³/mol. The topological polar surface area (TPSA) is 55.4 Å². The van der Waals surface area contributed by atoms with Gasteiger partial charge in [-0.3, -0.25) is 4.79 Å². The van der Waals surface area contributed by atoms with Crippen molar-refractivity contribution in [2.24, 2.45) is 0 Å². The Morgan fingerprint density at radius 1 is 0.864 bits per heavy atom. The molecule has 0 unspecified atom stereocenters. The number of carbonyl (C=O) groups excluding carboxylic acids is 2. The van der Waals surface area contributed by atoms with Gasteiger partial charge in [0.05, 0.1) is 11.1 Å². The molecule has 0 aliphatic carbocycles. The first-order valence-electron chi connectivity index (χ1n) is 7.05. The number of rotatable bonds is 4. The zero-order valence-corrected chi connectivity index (χ0v) is 13.9. The second-order valence-electron chi connectivity index (χ2n) is 5.87. The summed E-state index contributed by atoms with van der Waals surface area (Å²) in [6.45, 7) is 5.78. The first-order valence-corrected chi connectivity index (χ1v) is 10.5. The molecule has 2 aromatic carbocycles. The fourth-order valence-electron chi connectivity index (χ4n) is 1.91. The average molecular weight is 313 g/mol. The van der Waals surface area contributed by atoms with E-state index in [4.69, 9.17) is 4.43 Å². The van der Waals surface area contributed by atoms with Gasteiger partial charge in [-0.1, -0.05) is 30.3 Å². The lowest BCUT2D eigenvalue weighted by Crippen LogP contribution is -2.30. The van der Waals surface area contributed by atoms with Crippen molar-refractivity contribution in [3.63, 3.8) is 0 Å². The van der Waals surface area contributed by atoms with Crippen molar-refractivity contribution >= 4 is 25.9 Å². The summed E-state index contributed by atoms with van der Waals surface area (Å²) in [5, 5.41) is 2.78. The van der Waals surface area contributed by atoms with Crippen LogP contribution in [0.15, 0.2) is 54.6 Å². The van der Waals surface area contributed by atoms with Crippen molar-refractivity contribution in [1.29, 1.82) is 0 Å². The Kier molecular flexibility index (Phi) is 4.77. The van der Waals surface area contributed by atoms with Crippen LogP contribution in [-0.2, 0) is 4.43 Å². The van der Waals surface area contributed by atoms with E-state index in [1.165, 1.54) is 0 Å². The van der Waals surface area contributed by atoms with Crippen LogP contribution in [0.4, 0.5) is 5.69 Å². The van der Waals surface area contributed by atoms with Crippen molar-refractivity contribution in [3.8, 4) is 0 Å². The van der Waals surface area contributed by atoms with Gasteiger partial charge < -0.3 is 9.74 Å². The number of nitrogens with one attached hydrogen (secondary N) is 1. The molecule has 22 heavy (non-hydrogen) atoms. The standard InChI is InChI=1S/C17H19NO3Si/c1-22(2,3)21-17(20)15-12-8-7-11-14(15)16(19)18-13-9-5-4-6-10-13/h4-12H,1-3H3,(H,18,19). The highest BCUT2D eigenvalue weighted by Crippen LogP contribution is 2.16. The van der Waals surface area contributed by atoms with Crippen LogP contribution in [-0.4, -0.2) is 20.2 Å². The second kappa shape index (κ2) is 6.57. The van der Waals surface area contributed by atoms with Gasteiger partial charge in [-0.15, -0.1) is 0 Å². The van der Waals surface area contributed by atoms with E-state index in [9.17, 15) is 9.59 Å². The number of hydrogen-bond donors (Lipinski definition) is 1. The fourth-order valence-corrected chi connectivity index (χ4v) is 2.58. The highest BCUT2D eigenvalue weighted by molar-refractivity contribution is 6.71.